The van der Waals surface area contributed by atoms with Gasteiger partial charge >= 0.3 is 0 Å². The van der Waals surface area contributed by atoms with Crippen LogP contribution < -0.4 is 4.74 Å². The zero-order chi connectivity index (χ0) is 27.4. The van der Waals surface area contributed by atoms with Crippen molar-refractivity contribution < 1.29 is 18.6 Å². The molecule has 10 heteroatoms. The minimum absolute atomic E-state index is 0.00981. The molecule has 0 radical (unpaired) electrons. The number of alkyl halides is 1. The average molecular weight is 625 g/mol. The number of rotatable bonds is 10. The fourth-order valence-electron chi connectivity index (χ4n) is 4.29. The van der Waals surface area contributed by atoms with Crippen molar-refractivity contribution in [3.63, 3.8) is 0 Å². The molecular weight excluding hydrogens is 599 g/mol. The summed E-state index contributed by atoms with van der Waals surface area (Å²) in [5, 5.41) is 16.6. The van der Waals surface area contributed by atoms with Gasteiger partial charge in [-0.05, 0) is 53.3 Å². The Labute approximate surface area is 238 Å². The van der Waals surface area contributed by atoms with E-state index < -0.39 is 17.2 Å². The average Bonchev–Trinajstić information content (AvgIpc) is 3.39. The van der Waals surface area contributed by atoms with Crippen LogP contribution >= 0.6 is 39.1 Å². The lowest BCUT2D eigenvalue weighted by atomic mass is 9.84. The Kier molecular flexibility index (Phi) is 9.08. The second-order valence-electron chi connectivity index (χ2n) is 9.32. The number of hydrogen-bond donors (Lipinski definition) is 1. The highest BCUT2D eigenvalue weighted by atomic mass is 79.9. The molecule has 1 N–H and O–H groups in total. The first-order chi connectivity index (χ1) is 18.1. The summed E-state index contributed by atoms with van der Waals surface area (Å²) in [6.07, 6.45) is 2.71. The summed E-state index contributed by atoms with van der Waals surface area (Å²) < 4.78 is 35.4. The topological polar surface area (TPSA) is 60.2 Å². The van der Waals surface area contributed by atoms with Gasteiger partial charge < -0.3 is 9.84 Å². The van der Waals surface area contributed by atoms with E-state index >= 15 is 0 Å². The van der Waals surface area contributed by atoms with Crippen LogP contribution in [-0.2, 0) is 12.1 Å². The SMILES string of the molecule is CC(c1ccc(OCC(O)(Cn2cncn2)c2ccc(F)cc2F)cc1)C(C)C(Br)c1ccc(Cl)cc1Cl. The summed E-state index contributed by atoms with van der Waals surface area (Å²) in [6, 6.07) is 16.0. The van der Waals surface area contributed by atoms with E-state index in [0.717, 1.165) is 23.3 Å². The van der Waals surface area contributed by atoms with E-state index in [4.69, 9.17) is 27.9 Å². The fourth-order valence-corrected chi connectivity index (χ4v) is 5.81. The molecule has 0 saturated carbocycles. The second-order valence-corrected chi connectivity index (χ2v) is 11.2. The molecule has 0 amide bonds. The van der Waals surface area contributed by atoms with Crippen LogP contribution in [0.4, 0.5) is 8.78 Å². The lowest BCUT2D eigenvalue weighted by Crippen LogP contribution is -2.39. The third kappa shape index (κ3) is 6.54. The molecule has 4 atom stereocenters. The van der Waals surface area contributed by atoms with Crippen molar-refractivity contribution in [1.82, 2.24) is 14.8 Å². The van der Waals surface area contributed by atoms with Crippen LogP contribution in [0.2, 0.25) is 10.0 Å². The molecule has 0 saturated heterocycles. The molecular formula is C28H26BrCl2F2N3O2. The lowest BCUT2D eigenvalue weighted by molar-refractivity contribution is -0.0297. The molecule has 0 aliphatic carbocycles. The van der Waals surface area contributed by atoms with Gasteiger partial charge in [0.1, 0.15) is 42.2 Å². The van der Waals surface area contributed by atoms with Crippen molar-refractivity contribution in [3.8, 4) is 5.75 Å². The molecule has 0 spiro atoms. The Morgan fingerprint density at radius 2 is 1.79 bits per heavy atom. The maximum absolute atomic E-state index is 14.6. The summed E-state index contributed by atoms with van der Waals surface area (Å²) >= 11 is 16.3. The van der Waals surface area contributed by atoms with Crippen molar-refractivity contribution in [2.24, 2.45) is 5.92 Å². The third-order valence-corrected chi connectivity index (χ3v) is 8.61. The largest absolute Gasteiger partial charge is 0.490 e. The molecule has 4 unspecified atom stereocenters. The minimum Gasteiger partial charge on any atom is -0.490 e. The van der Waals surface area contributed by atoms with Gasteiger partial charge in [-0.3, -0.25) is 0 Å². The zero-order valence-electron chi connectivity index (χ0n) is 20.7. The van der Waals surface area contributed by atoms with Crippen LogP contribution in [0.15, 0.2) is 73.3 Å². The van der Waals surface area contributed by atoms with E-state index in [0.29, 0.717) is 15.8 Å². The van der Waals surface area contributed by atoms with Gasteiger partial charge in [0.25, 0.3) is 0 Å². The first-order valence-electron chi connectivity index (χ1n) is 11.9. The van der Waals surface area contributed by atoms with Crippen molar-refractivity contribution in [2.45, 2.75) is 36.7 Å². The minimum atomic E-state index is -1.83. The van der Waals surface area contributed by atoms with E-state index in [-0.39, 0.29) is 35.4 Å². The van der Waals surface area contributed by atoms with Gasteiger partial charge in [-0.25, -0.2) is 18.4 Å². The monoisotopic (exact) mass is 623 g/mol. The molecule has 38 heavy (non-hydrogen) atoms. The van der Waals surface area contributed by atoms with Crippen LogP contribution in [0.25, 0.3) is 0 Å². The van der Waals surface area contributed by atoms with E-state index in [2.05, 4.69) is 39.9 Å². The maximum atomic E-state index is 14.6. The number of halogens is 5. The molecule has 5 nitrogen and oxygen atoms in total. The van der Waals surface area contributed by atoms with E-state index in [1.54, 1.807) is 18.2 Å². The molecule has 200 valence electrons. The number of ether oxygens (including phenoxy) is 1. The highest BCUT2D eigenvalue weighted by molar-refractivity contribution is 9.09. The summed E-state index contributed by atoms with van der Waals surface area (Å²) in [5.41, 5.74) is 0.127. The van der Waals surface area contributed by atoms with Gasteiger partial charge in [0.15, 0.2) is 0 Å². The second kappa shape index (κ2) is 12.1. The molecule has 4 rings (SSSR count). The first-order valence-corrected chi connectivity index (χ1v) is 13.6. The van der Waals surface area contributed by atoms with Crippen molar-refractivity contribution >= 4 is 39.1 Å². The van der Waals surface area contributed by atoms with Gasteiger partial charge in [-0.15, -0.1) is 0 Å². The van der Waals surface area contributed by atoms with Gasteiger partial charge in [-0.2, -0.15) is 5.10 Å². The van der Waals surface area contributed by atoms with Crippen molar-refractivity contribution in [2.75, 3.05) is 6.61 Å². The summed E-state index contributed by atoms with van der Waals surface area (Å²) in [7, 11) is 0. The summed E-state index contributed by atoms with van der Waals surface area (Å²) in [5.74, 6) is -0.769. The van der Waals surface area contributed by atoms with Crippen LogP contribution in [0.5, 0.6) is 5.75 Å². The van der Waals surface area contributed by atoms with E-state index in [9.17, 15) is 13.9 Å². The molecule has 0 fully saturated rings. The van der Waals surface area contributed by atoms with Gasteiger partial charge in [0, 0.05) is 26.5 Å². The molecule has 3 aromatic carbocycles. The van der Waals surface area contributed by atoms with Crippen LogP contribution in [0.1, 0.15) is 41.3 Å². The predicted molar refractivity (Wildman–Crippen MR) is 148 cm³/mol. The predicted octanol–water partition coefficient (Wildman–Crippen LogP) is 7.71. The number of aromatic nitrogens is 3. The quantitative estimate of drug-likeness (QED) is 0.184. The molecule has 0 aliphatic rings. The standard InChI is InChI=1S/C28H26BrCl2F2N3O2/c1-17(18(2)27(29)23-9-5-20(30)11-25(23)31)19-3-7-22(8-4-19)38-14-28(37,13-36-16-34-15-35-36)24-10-6-21(32)12-26(24)33/h3-12,15-18,27,37H,13-14H2,1-2H3. The van der Waals surface area contributed by atoms with Gasteiger partial charge in [-0.1, -0.05) is 77.2 Å². The van der Waals surface area contributed by atoms with Crippen molar-refractivity contribution in [3.05, 3.63) is 112 Å². The lowest BCUT2D eigenvalue weighted by Gasteiger charge is -2.29. The van der Waals surface area contributed by atoms with E-state index in [1.807, 2.05) is 24.3 Å². The fraction of sp³-hybridized carbons (Fsp3) is 0.286. The van der Waals surface area contributed by atoms with Crippen molar-refractivity contribution in [1.29, 1.82) is 0 Å². The normalized spacial score (nSPS) is 15.5. The molecule has 1 aromatic heterocycles. The molecule has 1 heterocycles. The highest BCUT2D eigenvalue weighted by Crippen LogP contribution is 2.42. The number of hydrogen-bond acceptors (Lipinski definition) is 4. The smallest absolute Gasteiger partial charge is 0.146 e. The molecule has 0 bridgehead atoms. The summed E-state index contributed by atoms with van der Waals surface area (Å²) in [6.45, 7) is 3.84. The Morgan fingerprint density at radius 3 is 2.42 bits per heavy atom. The highest BCUT2D eigenvalue weighted by Gasteiger charge is 2.35. The zero-order valence-corrected chi connectivity index (χ0v) is 23.8. The summed E-state index contributed by atoms with van der Waals surface area (Å²) in [4.78, 5) is 3.87. The Morgan fingerprint density at radius 1 is 1.05 bits per heavy atom. The van der Waals surface area contributed by atoms with Crippen LogP contribution in [0, 0.1) is 17.6 Å². The molecule has 4 aromatic rings. The van der Waals surface area contributed by atoms with Crippen LogP contribution in [0.3, 0.4) is 0 Å². The first kappa shape index (κ1) is 28.5. The molecule has 0 aliphatic heterocycles. The number of nitrogens with zero attached hydrogens (tertiary/aromatic N) is 3. The van der Waals surface area contributed by atoms with Gasteiger partial charge in [0.05, 0.1) is 6.54 Å². The van der Waals surface area contributed by atoms with Gasteiger partial charge in [0.2, 0.25) is 0 Å². The van der Waals surface area contributed by atoms with Crippen LogP contribution in [-0.4, -0.2) is 26.5 Å². The third-order valence-electron chi connectivity index (χ3n) is 6.72. The maximum Gasteiger partial charge on any atom is 0.146 e. The van der Waals surface area contributed by atoms with E-state index in [1.165, 1.54) is 23.4 Å². The number of benzene rings is 3. The Balaban J connectivity index is 1.48. The Bertz CT molecular complexity index is 1380. The Hall–Kier alpha value is -2.52. The number of aliphatic hydroxyl groups is 1.